The van der Waals surface area contributed by atoms with E-state index >= 15 is 0 Å². The molecule has 0 saturated heterocycles. The normalized spacial score (nSPS) is 11.6. The molecule has 0 unspecified atom stereocenters. The van der Waals surface area contributed by atoms with E-state index in [0.717, 1.165) is 12.1 Å². The lowest BCUT2D eigenvalue weighted by Gasteiger charge is -2.09. The van der Waals surface area contributed by atoms with Crippen LogP contribution in [0, 0.1) is 0 Å². The highest BCUT2D eigenvalue weighted by Crippen LogP contribution is 2.25. The van der Waals surface area contributed by atoms with E-state index in [1.807, 2.05) is 0 Å². The SMILES string of the molecule is Cn1c(=O)oc2cc(S(=O)(=O)Nc3ccc(C(=O)O)c(O)c3)ccc21. The molecule has 25 heavy (non-hydrogen) atoms. The average Bonchev–Trinajstić information content (AvgIpc) is 2.81. The minimum atomic E-state index is -4.04. The number of carboxylic acid groups (broad SMARTS) is 1. The minimum absolute atomic E-state index is 0.0166. The third-order valence-electron chi connectivity index (χ3n) is 3.55. The van der Waals surface area contributed by atoms with Crippen molar-refractivity contribution in [1.29, 1.82) is 0 Å². The largest absolute Gasteiger partial charge is 0.507 e. The van der Waals surface area contributed by atoms with Gasteiger partial charge in [-0.2, -0.15) is 0 Å². The molecule has 0 fully saturated rings. The zero-order chi connectivity index (χ0) is 18.4. The van der Waals surface area contributed by atoms with Crippen LogP contribution >= 0.6 is 0 Å². The van der Waals surface area contributed by atoms with Gasteiger partial charge in [-0.05, 0) is 24.3 Å². The van der Waals surface area contributed by atoms with Gasteiger partial charge in [0.25, 0.3) is 10.0 Å². The quantitative estimate of drug-likeness (QED) is 0.635. The van der Waals surface area contributed by atoms with E-state index in [9.17, 15) is 23.1 Å². The number of aromatic hydroxyl groups is 1. The molecule has 0 amide bonds. The van der Waals surface area contributed by atoms with Crippen molar-refractivity contribution in [2.24, 2.45) is 7.05 Å². The molecule has 1 heterocycles. The van der Waals surface area contributed by atoms with Crippen LogP contribution < -0.4 is 10.5 Å². The number of fused-ring (bicyclic) bond motifs is 1. The Morgan fingerprint density at radius 1 is 1.20 bits per heavy atom. The number of nitrogens with one attached hydrogen (secondary N) is 1. The van der Waals surface area contributed by atoms with Crippen molar-refractivity contribution in [3.8, 4) is 5.75 Å². The number of aryl methyl sites for hydroxylation is 1. The molecule has 10 heteroatoms. The molecule has 0 spiro atoms. The summed E-state index contributed by atoms with van der Waals surface area (Å²) in [5, 5.41) is 18.5. The van der Waals surface area contributed by atoms with Crippen LogP contribution in [0.5, 0.6) is 5.75 Å². The number of carbonyl (C=O) groups is 1. The van der Waals surface area contributed by atoms with Crippen molar-refractivity contribution in [1.82, 2.24) is 4.57 Å². The number of carboxylic acids is 1. The van der Waals surface area contributed by atoms with Gasteiger partial charge in [-0.3, -0.25) is 9.29 Å². The predicted octanol–water partition coefficient (Wildman–Crippen LogP) is 1.34. The molecule has 2 aromatic carbocycles. The van der Waals surface area contributed by atoms with Crippen molar-refractivity contribution in [3.63, 3.8) is 0 Å². The first-order chi connectivity index (χ1) is 11.7. The lowest BCUT2D eigenvalue weighted by atomic mass is 10.2. The van der Waals surface area contributed by atoms with Crippen LogP contribution in [0.25, 0.3) is 11.1 Å². The van der Waals surface area contributed by atoms with Crippen molar-refractivity contribution >= 4 is 32.8 Å². The van der Waals surface area contributed by atoms with Crippen LogP contribution in [0.1, 0.15) is 10.4 Å². The molecular formula is C15H12N2O7S. The number of rotatable bonds is 4. The molecule has 0 aliphatic heterocycles. The summed E-state index contributed by atoms with van der Waals surface area (Å²) in [6.07, 6.45) is 0. The standard InChI is InChI=1S/C15H12N2O7S/c1-17-11-5-3-9(7-13(11)24-15(17)21)25(22,23)16-8-2-4-10(14(19)20)12(18)6-8/h2-7,16,18H,1H3,(H,19,20). The summed E-state index contributed by atoms with van der Waals surface area (Å²) in [5.74, 6) is -2.53. The van der Waals surface area contributed by atoms with E-state index in [2.05, 4.69) is 4.72 Å². The Morgan fingerprint density at radius 3 is 2.56 bits per heavy atom. The molecule has 9 nitrogen and oxygen atoms in total. The topological polar surface area (TPSA) is 139 Å². The van der Waals surface area contributed by atoms with E-state index in [1.165, 1.54) is 35.9 Å². The smallest absolute Gasteiger partial charge is 0.419 e. The Labute approximate surface area is 140 Å². The molecule has 0 bridgehead atoms. The molecule has 0 radical (unpaired) electrons. The highest BCUT2D eigenvalue weighted by atomic mass is 32.2. The number of benzene rings is 2. The molecule has 0 aliphatic rings. The maximum atomic E-state index is 12.4. The maximum Gasteiger partial charge on any atom is 0.419 e. The van der Waals surface area contributed by atoms with E-state index in [1.54, 1.807) is 0 Å². The van der Waals surface area contributed by atoms with Gasteiger partial charge in [0.05, 0.1) is 16.1 Å². The first kappa shape index (κ1) is 16.6. The van der Waals surface area contributed by atoms with Crippen molar-refractivity contribution < 1.29 is 27.8 Å². The summed E-state index contributed by atoms with van der Waals surface area (Å²) >= 11 is 0. The zero-order valence-corrected chi connectivity index (χ0v) is 13.6. The number of aromatic carboxylic acids is 1. The van der Waals surface area contributed by atoms with Crippen molar-refractivity contribution in [3.05, 3.63) is 52.5 Å². The van der Waals surface area contributed by atoms with E-state index < -0.39 is 27.5 Å². The Kier molecular flexibility index (Phi) is 3.76. The van der Waals surface area contributed by atoms with Gasteiger partial charge in [0.1, 0.15) is 11.3 Å². The Balaban J connectivity index is 1.98. The fourth-order valence-electron chi connectivity index (χ4n) is 2.27. The Hall–Kier alpha value is -3.27. The first-order valence-corrected chi connectivity index (χ1v) is 8.36. The Morgan fingerprint density at radius 2 is 1.92 bits per heavy atom. The van der Waals surface area contributed by atoms with Gasteiger partial charge in [-0.15, -0.1) is 0 Å². The molecule has 0 aliphatic carbocycles. The van der Waals surface area contributed by atoms with Crippen molar-refractivity contribution in [2.75, 3.05) is 4.72 Å². The summed E-state index contributed by atoms with van der Waals surface area (Å²) in [7, 11) is -2.54. The number of hydrogen-bond donors (Lipinski definition) is 3. The van der Waals surface area contributed by atoms with Crippen LogP contribution in [0.2, 0.25) is 0 Å². The lowest BCUT2D eigenvalue weighted by molar-refractivity contribution is 0.0694. The first-order valence-electron chi connectivity index (χ1n) is 6.88. The van der Waals surface area contributed by atoms with Gasteiger partial charge in [0.2, 0.25) is 0 Å². The van der Waals surface area contributed by atoms with Crippen LogP contribution in [-0.4, -0.2) is 29.2 Å². The number of nitrogens with zero attached hydrogens (tertiary/aromatic N) is 1. The molecule has 3 aromatic rings. The second-order valence-corrected chi connectivity index (χ2v) is 6.88. The number of sulfonamides is 1. The van der Waals surface area contributed by atoms with Gasteiger partial charge in [-0.25, -0.2) is 18.0 Å². The van der Waals surface area contributed by atoms with Crippen LogP contribution in [0.4, 0.5) is 5.69 Å². The highest BCUT2D eigenvalue weighted by Gasteiger charge is 2.18. The summed E-state index contributed by atoms with van der Waals surface area (Å²) in [4.78, 5) is 22.2. The summed E-state index contributed by atoms with van der Waals surface area (Å²) in [6.45, 7) is 0. The molecule has 1 aromatic heterocycles. The van der Waals surface area contributed by atoms with Gasteiger partial charge in [0, 0.05) is 19.2 Å². The van der Waals surface area contributed by atoms with Gasteiger partial charge >= 0.3 is 11.7 Å². The van der Waals surface area contributed by atoms with Crippen molar-refractivity contribution in [2.45, 2.75) is 4.90 Å². The third kappa shape index (κ3) is 2.94. The molecule has 3 rings (SSSR count). The summed E-state index contributed by atoms with van der Waals surface area (Å²) < 4.78 is 33.3. The predicted molar refractivity (Wildman–Crippen MR) is 87.3 cm³/mol. The van der Waals surface area contributed by atoms with E-state index in [4.69, 9.17) is 9.52 Å². The second kappa shape index (κ2) is 5.67. The minimum Gasteiger partial charge on any atom is -0.507 e. The number of oxazole rings is 1. The average molecular weight is 364 g/mol. The second-order valence-electron chi connectivity index (χ2n) is 5.20. The highest BCUT2D eigenvalue weighted by molar-refractivity contribution is 7.92. The zero-order valence-electron chi connectivity index (χ0n) is 12.8. The summed E-state index contributed by atoms with van der Waals surface area (Å²) in [5.41, 5.74) is 0.180. The number of phenols is 1. The fourth-order valence-corrected chi connectivity index (χ4v) is 3.34. The van der Waals surface area contributed by atoms with Crippen LogP contribution in [0.15, 0.2) is 50.5 Å². The van der Waals surface area contributed by atoms with Gasteiger partial charge in [0.15, 0.2) is 5.58 Å². The van der Waals surface area contributed by atoms with Crippen LogP contribution in [-0.2, 0) is 17.1 Å². The van der Waals surface area contributed by atoms with E-state index in [-0.39, 0.29) is 21.7 Å². The number of hydrogen-bond acceptors (Lipinski definition) is 6. The monoisotopic (exact) mass is 364 g/mol. The number of aromatic nitrogens is 1. The molecule has 130 valence electrons. The number of anilines is 1. The third-order valence-corrected chi connectivity index (χ3v) is 4.93. The summed E-state index contributed by atoms with van der Waals surface area (Å²) in [6, 6.07) is 7.20. The van der Waals surface area contributed by atoms with Gasteiger partial charge in [-0.1, -0.05) is 0 Å². The molecular weight excluding hydrogens is 352 g/mol. The van der Waals surface area contributed by atoms with Crippen LogP contribution in [0.3, 0.4) is 0 Å². The molecule has 3 N–H and O–H groups in total. The van der Waals surface area contributed by atoms with Gasteiger partial charge < -0.3 is 14.6 Å². The fraction of sp³-hybridized carbons (Fsp3) is 0.0667. The Bertz CT molecular complexity index is 1160. The molecule has 0 saturated carbocycles. The van der Waals surface area contributed by atoms with E-state index in [0.29, 0.717) is 5.52 Å². The lowest BCUT2D eigenvalue weighted by Crippen LogP contribution is -2.13. The molecule has 0 atom stereocenters. The maximum absolute atomic E-state index is 12.4.